The highest BCUT2D eigenvalue weighted by Crippen LogP contribution is 2.22. The minimum Gasteiger partial charge on any atom is -0.318 e. The van der Waals surface area contributed by atoms with Crippen LogP contribution in [0.3, 0.4) is 0 Å². The lowest BCUT2D eigenvalue weighted by atomic mass is 10.2. The molecule has 1 amide bonds. The number of para-hydroxylation sites is 2. The predicted octanol–water partition coefficient (Wildman–Crippen LogP) is 3.32. The van der Waals surface area contributed by atoms with E-state index in [-0.39, 0.29) is 6.54 Å². The van der Waals surface area contributed by atoms with Crippen LogP contribution >= 0.6 is 0 Å². The number of aromatic nitrogens is 1. The second-order valence-electron chi connectivity index (χ2n) is 7.35. The fourth-order valence-electron chi connectivity index (χ4n) is 3.46. The molecule has 0 bridgehead atoms. The number of carbonyl (C=O) groups excluding carboxylic acids is 1. The van der Waals surface area contributed by atoms with Crippen LogP contribution in [0.2, 0.25) is 0 Å². The second kappa shape index (κ2) is 9.18. The van der Waals surface area contributed by atoms with Crippen LogP contribution in [-0.4, -0.2) is 37.9 Å². The average molecular weight is 439 g/mol. The van der Waals surface area contributed by atoms with E-state index in [2.05, 4.69) is 15.1 Å². The number of nitrogens with one attached hydrogen (secondary N) is 1. The number of benzene rings is 2. The zero-order valence-corrected chi connectivity index (χ0v) is 18.8. The summed E-state index contributed by atoms with van der Waals surface area (Å²) in [6, 6.07) is 19.0. The zero-order chi connectivity index (χ0) is 22.6. The normalized spacial score (nSPS) is 11.6. The Morgan fingerprint density at radius 2 is 1.71 bits per heavy atom. The molecule has 7 nitrogen and oxygen atoms in total. The molecule has 3 rings (SSSR count). The fourth-order valence-corrected chi connectivity index (χ4v) is 4.37. The number of hydrazone groups is 1. The molecule has 0 fully saturated rings. The first-order valence-corrected chi connectivity index (χ1v) is 11.6. The number of anilines is 1. The second-order valence-corrected chi connectivity index (χ2v) is 9.25. The molecular formula is C23H26N4O3S. The van der Waals surface area contributed by atoms with Gasteiger partial charge in [0.2, 0.25) is 10.0 Å². The van der Waals surface area contributed by atoms with Crippen LogP contribution in [0.15, 0.2) is 65.8 Å². The van der Waals surface area contributed by atoms with Crippen molar-refractivity contribution in [1.29, 1.82) is 0 Å². The molecule has 0 unspecified atom stereocenters. The van der Waals surface area contributed by atoms with Gasteiger partial charge in [0.05, 0.1) is 18.2 Å². The minimum atomic E-state index is -3.64. The van der Waals surface area contributed by atoms with Crippen molar-refractivity contribution in [2.75, 3.05) is 17.1 Å². The molecule has 0 saturated carbocycles. The predicted molar refractivity (Wildman–Crippen MR) is 124 cm³/mol. The molecular weight excluding hydrogens is 412 g/mol. The maximum absolute atomic E-state index is 12.4. The first kappa shape index (κ1) is 22.3. The van der Waals surface area contributed by atoms with E-state index in [4.69, 9.17) is 0 Å². The summed E-state index contributed by atoms with van der Waals surface area (Å²) in [5, 5.41) is 4.04. The molecule has 0 aliphatic rings. The number of aryl methyl sites for hydroxylation is 2. The van der Waals surface area contributed by atoms with E-state index in [9.17, 15) is 13.2 Å². The molecule has 0 spiro atoms. The average Bonchev–Trinajstić information content (AvgIpc) is 3.00. The van der Waals surface area contributed by atoms with Gasteiger partial charge in [0.15, 0.2) is 0 Å². The summed E-state index contributed by atoms with van der Waals surface area (Å²) in [5.74, 6) is -0.526. The van der Waals surface area contributed by atoms with Crippen molar-refractivity contribution < 1.29 is 13.2 Å². The summed E-state index contributed by atoms with van der Waals surface area (Å²) in [4.78, 5) is 12.4. The number of nitrogens with zero attached hydrogens (tertiary/aromatic N) is 3. The smallest absolute Gasteiger partial charge is 0.260 e. The topological polar surface area (TPSA) is 83.8 Å². The van der Waals surface area contributed by atoms with Crippen molar-refractivity contribution >= 4 is 27.8 Å². The van der Waals surface area contributed by atoms with Gasteiger partial charge in [-0.1, -0.05) is 36.4 Å². The van der Waals surface area contributed by atoms with E-state index in [1.165, 1.54) is 0 Å². The van der Waals surface area contributed by atoms with Crippen molar-refractivity contribution in [2.24, 2.45) is 5.10 Å². The van der Waals surface area contributed by atoms with Gasteiger partial charge >= 0.3 is 0 Å². The highest BCUT2D eigenvalue weighted by Gasteiger charge is 2.22. The van der Waals surface area contributed by atoms with Gasteiger partial charge < -0.3 is 4.57 Å². The molecule has 0 radical (unpaired) electrons. The van der Waals surface area contributed by atoms with Crippen molar-refractivity contribution in [3.05, 3.63) is 83.2 Å². The molecule has 3 aromatic rings. The van der Waals surface area contributed by atoms with Crippen molar-refractivity contribution in [1.82, 2.24) is 9.99 Å². The SMILES string of the molecule is Cc1ccccc1N(CC(=O)N/N=C/c1cc(C)n(-c2ccccc2)c1C)S(C)(=O)=O. The van der Waals surface area contributed by atoms with Crippen LogP contribution in [-0.2, 0) is 14.8 Å². The van der Waals surface area contributed by atoms with Crippen LogP contribution in [0.1, 0.15) is 22.5 Å². The molecule has 2 aromatic carbocycles. The molecule has 0 aliphatic carbocycles. The molecule has 1 N–H and O–H groups in total. The third-order valence-corrected chi connectivity index (χ3v) is 6.08. The van der Waals surface area contributed by atoms with Crippen LogP contribution in [0.25, 0.3) is 5.69 Å². The third-order valence-electron chi connectivity index (χ3n) is 4.95. The van der Waals surface area contributed by atoms with Gasteiger partial charge in [0.1, 0.15) is 6.54 Å². The lowest BCUT2D eigenvalue weighted by Crippen LogP contribution is -2.39. The van der Waals surface area contributed by atoms with Gasteiger partial charge in [-0.3, -0.25) is 9.10 Å². The number of amides is 1. The largest absolute Gasteiger partial charge is 0.318 e. The summed E-state index contributed by atoms with van der Waals surface area (Å²) in [6.07, 6.45) is 2.65. The van der Waals surface area contributed by atoms with E-state index < -0.39 is 15.9 Å². The number of hydrogen-bond donors (Lipinski definition) is 1. The van der Waals surface area contributed by atoms with Gasteiger partial charge in [0, 0.05) is 22.6 Å². The van der Waals surface area contributed by atoms with Gasteiger partial charge in [-0.15, -0.1) is 0 Å². The molecule has 0 atom stereocenters. The van der Waals surface area contributed by atoms with E-state index in [0.717, 1.165) is 38.8 Å². The third kappa shape index (κ3) is 5.21. The van der Waals surface area contributed by atoms with Crippen molar-refractivity contribution in [3.63, 3.8) is 0 Å². The van der Waals surface area contributed by atoms with Crippen LogP contribution in [0, 0.1) is 20.8 Å². The molecule has 1 heterocycles. The lowest BCUT2D eigenvalue weighted by Gasteiger charge is -2.23. The van der Waals surface area contributed by atoms with Crippen LogP contribution < -0.4 is 9.73 Å². The Labute approximate surface area is 183 Å². The van der Waals surface area contributed by atoms with Gasteiger partial charge in [-0.05, 0) is 50.6 Å². The Morgan fingerprint density at radius 1 is 1.06 bits per heavy atom. The molecule has 0 saturated heterocycles. The number of carbonyl (C=O) groups is 1. The quantitative estimate of drug-likeness (QED) is 0.454. The minimum absolute atomic E-state index is 0.357. The van der Waals surface area contributed by atoms with E-state index in [1.807, 2.05) is 56.3 Å². The number of hydrogen-bond acceptors (Lipinski definition) is 4. The molecule has 8 heteroatoms. The summed E-state index contributed by atoms with van der Waals surface area (Å²) < 4.78 is 27.7. The Morgan fingerprint density at radius 3 is 2.35 bits per heavy atom. The first-order chi connectivity index (χ1) is 14.7. The van der Waals surface area contributed by atoms with E-state index >= 15 is 0 Å². The Hall–Kier alpha value is -3.39. The van der Waals surface area contributed by atoms with Gasteiger partial charge in [0.25, 0.3) is 5.91 Å². The molecule has 31 heavy (non-hydrogen) atoms. The number of sulfonamides is 1. The summed E-state index contributed by atoms with van der Waals surface area (Å²) >= 11 is 0. The number of rotatable bonds is 7. The van der Waals surface area contributed by atoms with E-state index in [0.29, 0.717) is 5.69 Å². The van der Waals surface area contributed by atoms with Crippen molar-refractivity contribution in [2.45, 2.75) is 20.8 Å². The van der Waals surface area contributed by atoms with Gasteiger partial charge in [-0.25, -0.2) is 13.8 Å². The lowest BCUT2D eigenvalue weighted by molar-refractivity contribution is -0.119. The van der Waals surface area contributed by atoms with Crippen molar-refractivity contribution in [3.8, 4) is 5.69 Å². The summed E-state index contributed by atoms with van der Waals surface area (Å²) in [6.45, 7) is 5.42. The van der Waals surface area contributed by atoms with Crippen LogP contribution in [0.5, 0.6) is 0 Å². The highest BCUT2D eigenvalue weighted by molar-refractivity contribution is 7.92. The summed E-state index contributed by atoms with van der Waals surface area (Å²) in [7, 11) is -3.64. The highest BCUT2D eigenvalue weighted by atomic mass is 32.2. The summed E-state index contributed by atoms with van der Waals surface area (Å²) in [5.41, 5.74) is 7.60. The fraction of sp³-hybridized carbons (Fsp3) is 0.217. The molecule has 162 valence electrons. The monoisotopic (exact) mass is 438 g/mol. The molecule has 1 aromatic heterocycles. The Bertz CT molecular complexity index is 1210. The first-order valence-electron chi connectivity index (χ1n) is 9.78. The zero-order valence-electron chi connectivity index (χ0n) is 18.0. The Balaban J connectivity index is 1.74. The van der Waals surface area contributed by atoms with Crippen LogP contribution in [0.4, 0.5) is 5.69 Å². The van der Waals surface area contributed by atoms with E-state index in [1.54, 1.807) is 31.3 Å². The maximum Gasteiger partial charge on any atom is 0.260 e. The maximum atomic E-state index is 12.4. The Kier molecular flexibility index (Phi) is 6.60. The standard InChI is InChI=1S/C23H26N4O3S/c1-17-10-8-9-13-22(17)26(31(4,29)30)16-23(28)25-24-15-20-14-18(2)27(19(20)3)21-11-6-5-7-12-21/h5-15H,16H2,1-4H3,(H,25,28)/b24-15+. The van der Waals surface area contributed by atoms with Gasteiger partial charge in [-0.2, -0.15) is 5.10 Å². The molecule has 0 aliphatic heterocycles.